The molecule has 0 N–H and O–H groups in total. The highest BCUT2D eigenvalue weighted by Gasteiger charge is 2.15. The Bertz CT molecular complexity index is 1890. The molecule has 0 unspecified atom stereocenters. The van der Waals surface area contributed by atoms with Crippen molar-refractivity contribution in [2.75, 3.05) is 0 Å². The van der Waals surface area contributed by atoms with Gasteiger partial charge in [0, 0.05) is 51.5 Å². The van der Waals surface area contributed by atoms with Gasteiger partial charge < -0.3 is 0 Å². The highest BCUT2D eigenvalue weighted by Crippen LogP contribution is 2.39. The second-order valence-electron chi connectivity index (χ2n) is 11.5. The number of nitrogens with zero attached hydrogens (tertiary/aromatic N) is 2. The fourth-order valence-corrected chi connectivity index (χ4v) is 10.6. The molecule has 6 aromatic rings. The second-order valence-corrected chi connectivity index (χ2v) is 16.2. The highest BCUT2D eigenvalue weighted by atomic mass is 32.1. The zero-order valence-electron chi connectivity index (χ0n) is 25.2. The van der Waals surface area contributed by atoms with Gasteiger partial charge in [0.15, 0.2) is 0 Å². The molecule has 6 rings (SSSR count). The second kappa shape index (κ2) is 14.7. The van der Waals surface area contributed by atoms with Crippen LogP contribution in [0.1, 0.15) is 93.8 Å². The first-order chi connectivity index (χ1) is 21.6. The first-order valence-electron chi connectivity index (χ1n) is 15.7. The largest absolute Gasteiger partial charge is 0.192 e. The summed E-state index contributed by atoms with van der Waals surface area (Å²) >= 11 is 7.25. The van der Waals surface area contributed by atoms with Gasteiger partial charge in [0.25, 0.3) is 0 Å². The van der Waals surface area contributed by atoms with Crippen LogP contribution in [0.3, 0.4) is 0 Å². The average molecular weight is 649 g/mol. The number of hydrogen-bond donors (Lipinski definition) is 0. The van der Waals surface area contributed by atoms with Gasteiger partial charge >= 0.3 is 0 Å². The summed E-state index contributed by atoms with van der Waals surface area (Å²) in [5.74, 6) is 0. The van der Waals surface area contributed by atoms with Crippen LogP contribution in [0, 0.1) is 22.7 Å². The maximum absolute atomic E-state index is 9.83. The smallest absolute Gasteiger partial charge is 0.100 e. The van der Waals surface area contributed by atoms with Gasteiger partial charge in [0.2, 0.25) is 0 Å². The summed E-state index contributed by atoms with van der Waals surface area (Å²) in [5.41, 5.74) is 2.80. The molecule has 0 aliphatic carbocycles. The van der Waals surface area contributed by atoms with Crippen molar-refractivity contribution in [3.8, 4) is 22.6 Å². The Balaban J connectivity index is 1.11. The van der Waals surface area contributed by atoms with E-state index >= 15 is 0 Å². The van der Waals surface area contributed by atoms with Crippen LogP contribution in [0.5, 0.6) is 0 Å². The molecule has 0 aliphatic rings. The van der Waals surface area contributed by atoms with E-state index < -0.39 is 0 Å². The normalized spacial score (nSPS) is 11.3. The van der Waals surface area contributed by atoms with Gasteiger partial charge in [-0.3, -0.25) is 0 Å². The van der Waals surface area contributed by atoms with Crippen molar-refractivity contribution in [3.63, 3.8) is 0 Å². The first-order valence-corrected chi connectivity index (χ1v) is 18.9. The van der Waals surface area contributed by atoms with Gasteiger partial charge in [-0.2, -0.15) is 10.5 Å². The van der Waals surface area contributed by atoms with Crippen LogP contribution < -0.4 is 0 Å². The van der Waals surface area contributed by atoms with Crippen molar-refractivity contribution in [1.29, 1.82) is 10.5 Å². The van der Waals surface area contributed by atoms with E-state index in [9.17, 15) is 10.5 Å². The first kappa shape index (κ1) is 30.8. The van der Waals surface area contributed by atoms with E-state index in [4.69, 9.17) is 0 Å². The molecule has 0 aliphatic heterocycles. The molecule has 44 heavy (non-hydrogen) atoms. The van der Waals surface area contributed by atoms with Crippen molar-refractivity contribution in [1.82, 2.24) is 0 Å². The molecule has 4 heterocycles. The number of rotatable bonds is 14. The number of nitriles is 2. The monoisotopic (exact) mass is 648 g/mol. The minimum Gasteiger partial charge on any atom is -0.192 e. The average Bonchev–Trinajstić information content (AvgIpc) is 3.82. The van der Waals surface area contributed by atoms with Crippen LogP contribution in [0.4, 0.5) is 0 Å². The standard InChI is InChI=1S/C38H36N2S4/c1-2-3-4-5-6-7-8-12-15-31-18-29(24-39)37(41-31)22-32-16-27-19-36-28(20-35(27)42-32)17-33(43-36)23-38-30(25-40)21-34(44-38)26-13-10-9-11-14-26/h9-11,13-14,16-21H,2-8,12,15,22-23H2,1H3. The summed E-state index contributed by atoms with van der Waals surface area (Å²) in [5, 5.41) is 22.2. The van der Waals surface area contributed by atoms with Gasteiger partial charge in [-0.15, -0.1) is 45.3 Å². The van der Waals surface area contributed by atoms with E-state index in [0.29, 0.717) is 0 Å². The Morgan fingerprint density at radius 3 is 1.75 bits per heavy atom. The number of benzene rings is 2. The van der Waals surface area contributed by atoms with Gasteiger partial charge in [-0.05, 0) is 65.6 Å². The molecule has 2 nitrogen and oxygen atoms in total. The molecule has 2 aromatic carbocycles. The van der Waals surface area contributed by atoms with Gasteiger partial charge in [0.1, 0.15) is 12.1 Å². The summed E-state index contributed by atoms with van der Waals surface area (Å²) in [6.45, 7) is 2.27. The van der Waals surface area contributed by atoms with E-state index in [1.807, 2.05) is 58.3 Å². The molecule has 0 saturated heterocycles. The van der Waals surface area contributed by atoms with Gasteiger partial charge in [-0.25, -0.2) is 0 Å². The lowest BCUT2D eigenvalue weighted by Gasteiger charge is -2.00. The fourth-order valence-electron chi connectivity index (χ4n) is 5.84. The third-order valence-corrected chi connectivity index (χ3v) is 12.7. The summed E-state index contributed by atoms with van der Waals surface area (Å²) in [7, 11) is 0. The summed E-state index contributed by atoms with van der Waals surface area (Å²) in [6, 6.07) is 28.6. The Hall–Kier alpha value is -3.26. The van der Waals surface area contributed by atoms with Gasteiger partial charge in [-0.1, -0.05) is 82.2 Å². The third kappa shape index (κ3) is 7.33. The molecule has 0 radical (unpaired) electrons. The lowest BCUT2D eigenvalue weighted by atomic mass is 10.1. The van der Waals surface area contributed by atoms with Gasteiger partial charge in [0.05, 0.1) is 11.1 Å². The zero-order chi connectivity index (χ0) is 30.3. The molecule has 4 aromatic heterocycles. The number of hydrogen-bond acceptors (Lipinski definition) is 6. The topological polar surface area (TPSA) is 47.6 Å². The lowest BCUT2D eigenvalue weighted by Crippen LogP contribution is -1.83. The predicted octanol–water partition coefficient (Wildman–Crippen LogP) is 12.5. The fraction of sp³-hybridized carbons (Fsp3) is 0.316. The van der Waals surface area contributed by atoms with Crippen LogP contribution in [0.25, 0.3) is 30.6 Å². The summed E-state index contributed by atoms with van der Waals surface area (Å²) in [4.78, 5) is 7.46. The van der Waals surface area contributed by atoms with Crippen molar-refractivity contribution in [2.24, 2.45) is 0 Å². The number of thiophene rings is 4. The Kier molecular flexibility index (Phi) is 10.3. The molecule has 0 bridgehead atoms. The minimum atomic E-state index is 0.781. The predicted molar refractivity (Wildman–Crippen MR) is 193 cm³/mol. The van der Waals surface area contributed by atoms with Crippen molar-refractivity contribution < 1.29 is 0 Å². The Morgan fingerprint density at radius 1 is 0.568 bits per heavy atom. The van der Waals surface area contributed by atoms with Crippen molar-refractivity contribution in [2.45, 2.75) is 77.6 Å². The molecule has 0 spiro atoms. The molecular weight excluding hydrogens is 613 g/mol. The number of unbranched alkanes of at least 4 members (excludes halogenated alkanes) is 7. The molecular formula is C38H36N2S4. The maximum atomic E-state index is 9.83. The highest BCUT2D eigenvalue weighted by molar-refractivity contribution is 7.21. The van der Waals surface area contributed by atoms with E-state index in [0.717, 1.165) is 45.7 Å². The van der Waals surface area contributed by atoms with E-state index in [1.54, 1.807) is 11.3 Å². The summed E-state index contributed by atoms with van der Waals surface area (Å²) < 4.78 is 2.59. The van der Waals surface area contributed by atoms with E-state index in [1.165, 1.54) is 91.0 Å². The zero-order valence-corrected chi connectivity index (χ0v) is 28.4. The molecule has 0 amide bonds. The van der Waals surface area contributed by atoms with Crippen molar-refractivity contribution in [3.05, 3.63) is 102 Å². The summed E-state index contributed by atoms with van der Waals surface area (Å²) in [6.07, 6.45) is 13.3. The molecule has 0 atom stereocenters. The molecule has 0 fully saturated rings. The van der Waals surface area contributed by atoms with Crippen molar-refractivity contribution >= 4 is 65.5 Å². The van der Waals surface area contributed by atoms with Crippen LogP contribution in [-0.2, 0) is 19.3 Å². The number of aryl methyl sites for hydroxylation is 1. The lowest BCUT2D eigenvalue weighted by molar-refractivity contribution is 0.576. The Morgan fingerprint density at radius 2 is 1.14 bits per heavy atom. The molecule has 0 saturated carbocycles. The van der Waals surface area contributed by atoms with Crippen LogP contribution in [0.15, 0.2) is 66.7 Å². The van der Waals surface area contributed by atoms with Crippen LogP contribution in [-0.4, -0.2) is 0 Å². The quantitative estimate of drug-likeness (QED) is 0.110. The van der Waals surface area contributed by atoms with Crippen LogP contribution >= 0.6 is 45.3 Å². The van der Waals surface area contributed by atoms with E-state index in [2.05, 4.69) is 61.5 Å². The molecule has 6 heteroatoms. The van der Waals surface area contributed by atoms with Crippen LogP contribution in [0.2, 0.25) is 0 Å². The minimum absolute atomic E-state index is 0.781. The SMILES string of the molecule is CCCCCCCCCCc1cc(C#N)c(Cc2cc3cc4sc(Cc5sc(-c6ccccc6)cc5C#N)cc4cc3s2)s1. The molecule has 222 valence electrons. The maximum Gasteiger partial charge on any atom is 0.100 e. The van der Waals surface area contributed by atoms with E-state index in [-0.39, 0.29) is 0 Å². The Labute approximate surface area is 276 Å². The third-order valence-electron chi connectivity index (χ3n) is 8.17. The number of fused-ring (bicyclic) bond motifs is 2.